The lowest BCUT2D eigenvalue weighted by atomic mass is 9.87. The van der Waals surface area contributed by atoms with Crippen molar-refractivity contribution in [3.8, 4) is 11.4 Å². The highest BCUT2D eigenvalue weighted by Crippen LogP contribution is 2.52. The van der Waals surface area contributed by atoms with Gasteiger partial charge < -0.3 is 14.4 Å². The van der Waals surface area contributed by atoms with Crippen LogP contribution in [-0.4, -0.2) is 45.6 Å². The van der Waals surface area contributed by atoms with Crippen LogP contribution in [0.5, 0.6) is 0 Å². The molecule has 0 aliphatic carbocycles. The topological polar surface area (TPSA) is 125 Å². The van der Waals surface area contributed by atoms with Crippen molar-refractivity contribution in [2.45, 2.75) is 78.5 Å². The van der Waals surface area contributed by atoms with Gasteiger partial charge in [-0.15, -0.1) is 0 Å². The first-order valence-electron chi connectivity index (χ1n) is 14.3. The zero-order valence-electron chi connectivity index (χ0n) is 26.4. The molecule has 0 amide bonds. The van der Waals surface area contributed by atoms with Gasteiger partial charge in [-0.1, -0.05) is 44.5 Å². The zero-order chi connectivity index (χ0) is 33.3. The van der Waals surface area contributed by atoms with Gasteiger partial charge in [-0.3, -0.25) is 4.57 Å². The van der Waals surface area contributed by atoms with E-state index < -0.39 is 40.7 Å². The first-order valence-corrected chi connectivity index (χ1v) is 17.4. The van der Waals surface area contributed by atoms with E-state index in [-0.39, 0.29) is 45.3 Å². The molecule has 0 aliphatic rings. The quantitative estimate of drug-likeness (QED) is 0.161. The molecule has 242 valence electrons. The highest BCUT2D eigenvalue weighted by Gasteiger charge is 2.30. The predicted molar refractivity (Wildman–Crippen MR) is 170 cm³/mol. The fourth-order valence-electron chi connectivity index (χ4n) is 4.41. The minimum atomic E-state index is -4.15. The molecule has 0 fully saturated rings. The first-order chi connectivity index (χ1) is 20.9. The number of anilines is 1. The summed E-state index contributed by atoms with van der Waals surface area (Å²) in [6.45, 7) is 14.5. The molecule has 1 aromatic carbocycles. The van der Waals surface area contributed by atoms with Crippen LogP contribution in [0.1, 0.15) is 54.0 Å². The van der Waals surface area contributed by atoms with Crippen molar-refractivity contribution in [1.82, 2.24) is 18.9 Å². The van der Waals surface area contributed by atoms with Crippen molar-refractivity contribution >= 4 is 34.5 Å². The number of fused-ring (bicyclic) bond motifs is 1. The Hall–Kier alpha value is -3.51. The van der Waals surface area contributed by atoms with Crippen LogP contribution in [0.25, 0.3) is 22.4 Å². The molecule has 0 saturated carbocycles. The normalized spacial score (nSPS) is 13.8. The van der Waals surface area contributed by atoms with Crippen molar-refractivity contribution in [3.05, 3.63) is 78.0 Å². The lowest BCUT2D eigenvalue weighted by Crippen LogP contribution is -2.33. The second-order valence-corrected chi connectivity index (χ2v) is 15.9. The van der Waals surface area contributed by atoms with Gasteiger partial charge in [0.1, 0.15) is 5.82 Å². The first kappa shape index (κ1) is 34.4. The number of hydrogen-bond donors (Lipinski definition) is 1. The molecule has 0 radical (unpaired) electrons. The third kappa shape index (κ3) is 8.02. The molecule has 45 heavy (non-hydrogen) atoms. The molecule has 0 spiro atoms. The summed E-state index contributed by atoms with van der Waals surface area (Å²) in [5, 5.41) is 3.16. The Balaban J connectivity index is 1.79. The van der Waals surface area contributed by atoms with Gasteiger partial charge in [0.15, 0.2) is 23.1 Å². The third-order valence-electron chi connectivity index (χ3n) is 6.54. The maximum Gasteiger partial charge on any atom is 0.354 e. The maximum absolute atomic E-state index is 15.2. The van der Waals surface area contributed by atoms with Gasteiger partial charge >= 0.3 is 7.60 Å². The number of benzene rings is 1. The Morgan fingerprint density at radius 1 is 1.00 bits per heavy atom. The standard InChI is InChI=1S/C31H38F2N5O5PS/c1-19(2)42-44(39,43-20(3)4)14-13-27(31(6,7)8)36-29-26(33)17-34-28(37-29)25-18-38(30-24(25)15-22(32)16-35-30)45(40,41)23-11-9-21(5)10-12-23/h9-20,27H,1-8H3,(H,34,36,37)/b14-13+/t27-/m1/s1. The largest absolute Gasteiger partial charge is 0.361 e. The number of hydrogen-bond acceptors (Lipinski definition) is 9. The van der Waals surface area contributed by atoms with Gasteiger partial charge in [0.2, 0.25) is 0 Å². The van der Waals surface area contributed by atoms with Crippen molar-refractivity contribution in [3.63, 3.8) is 0 Å². The Morgan fingerprint density at radius 2 is 1.62 bits per heavy atom. The van der Waals surface area contributed by atoms with E-state index in [1.165, 1.54) is 24.1 Å². The molecule has 4 aromatic rings. The molecule has 0 aliphatic heterocycles. The van der Waals surface area contributed by atoms with Crippen LogP contribution in [0.4, 0.5) is 14.6 Å². The Morgan fingerprint density at radius 3 is 2.20 bits per heavy atom. The second kappa shape index (κ2) is 13.1. The van der Waals surface area contributed by atoms with Crippen molar-refractivity contribution in [1.29, 1.82) is 0 Å². The van der Waals surface area contributed by atoms with Crippen LogP contribution in [0, 0.1) is 24.0 Å². The van der Waals surface area contributed by atoms with E-state index in [1.807, 2.05) is 27.7 Å². The van der Waals surface area contributed by atoms with Gasteiger partial charge in [-0.2, -0.15) is 0 Å². The van der Waals surface area contributed by atoms with Crippen LogP contribution in [0.3, 0.4) is 0 Å². The number of pyridine rings is 1. The highest BCUT2D eigenvalue weighted by atomic mass is 32.2. The lowest BCUT2D eigenvalue weighted by Gasteiger charge is -2.30. The number of halogens is 2. The van der Waals surface area contributed by atoms with E-state index in [0.29, 0.717) is 0 Å². The maximum atomic E-state index is 15.2. The number of aromatic nitrogens is 4. The van der Waals surface area contributed by atoms with Gasteiger partial charge in [-0.05, 0) is 58.2 Å². The van der Waals surface area contributed by atoms with Gasteiger partial charge in [0.05, 0.1) is 35.5 Å². The fourth-order valence-corrected chi connectivity index (χ4v) is 7.49. The van der Waals surface area contributed by atoms with Crippen LogP contribution in [-0.2, 0) is 23.6 Å². The molecule has 10 nitrogen and oxygen atoms in total. The minimum Gasteiger partial charge on any atom is -0.361 e. The Bertz CT molecular complexity index is 1860. The number of aryl methyl sites for hydroxylation is 1. The molecule has 4 rings (SSSR count). The summed E-state index contributed by atoms with van der Waals surface area (Å²) in [5.74, 6) is -0.414. The fraction of sp³-hybridized carbons (Fsp3) is 0.387. The molecule has 3 aromatic heterocycles. The monoisotopic (exact) mass is 661 g/mol. The van der Waals surface area contributed by atoms with Crippen molar-refractivity contribution < 1.29 is 30.8 Å². The molecule has 0 bridgehead atoms. The summed E-state index contributed by atoms with van der Waals surface area (Å²) in [6, 6.07) is 6.76. The SMILES string of the molecule is Cc1ccc(S(=O)(=O)n2cc(-c3ncc(F)c(N[C@H](/C=C/P(=O)(OC(C)C)OC(C)C)C(C)(C)C)n3)c3cc(F)cnc32)cc1. The summed E-state index contributed by atoms with van der Waals surface area (Å²) in [7, 11) is -7.80. The van der Waals surface area contributed by atoms with E-state index in [1.54, 1.807) is 45.9 Å². The molecule has 14 heteroatoms. The van der Waals surface area contributed by atoms with E-state index in [4.69, 9.17) is 9.05 Å². The zero-order valence-corrected chi connectivity index (χ0v) is 28.2. The summed E-state index contributed by atoms with van der Waals surface area (Å²) in [5.41, 5.74) is 0.410. The van der Waals surface area contributed by atoms with Gasteiger partial charge in [0, 0.05) is 23.0 Å². The lowest BCUT2D eigenvalue weighted by molar-refractivity contribution is 0.149. The van der Waals surface area contributed by atoms with Crippen LogP contribution in [0.15, 0.2) is 65.7 Å². The molecular weight excluding hydrogens is 623 g/mol. The summed E-state index contributed by atoms with van der Waals surface area (Å²) < 4.78 is 82.4. The number of rotatable bonds is 11. The molecule has 1 atom stereocenters. The number of nitrogens with one attached hydrogen (secondary N) is 1. The van der Waals surface area contributed by atoms with E-state index in [0.717, 1.165) is 28.0 Å². The molecule has 3 heterocycles. The predicted octanol–water partition coefficient (Wildman–Crippen LogP) is 7.70. The minimum absolute atomic E-state index is 0.00467. The van der Waals surface area contributed by atoms with Crippen molar-refractivity contribution in [2.24, 2.45) is 5.41 Å². The molecule has 0 saturated heterocycles. The van der Waals surface area contributed by atoms with Gasteiger partial charge in [0.25, 0.3) is 10.0 Å². The smallest absolute Gasteiger partial charge is 0.354 e. The summed E-state index contributed by atoms with van der Waals surface area (Å²) in [6.07, 6.45) is 3.93. The highest BCUT2D eigenvalue weighted by molar-refractivity contribution is 7.90. The summed E-state index contributed by atoms with van der Waals surface area (Å²) in [4.78, 5) is 12.5. The Kier molecular flexibility index (Phi) is 9.99. The Labute approximate surface area is 262 Å². The van der Waals surface area contributed by atoms with Crippen LogP contribution < -0.4 is 5.32 Å². The molecule has 0 unspecified atom stereocenters. The second-order valence-electron chi connectivity index (χ2n) is 12.2. The van der Waals surface area contributed by atoms with E-state index in [2.05, 4.69) is 20.3 Å². The van der Waals surface area contributed by atoms with E-state index in [9.17, 15) is 17.4 Å². The average Bonchev–Trinajstić information content (AvgIpc) is 3.30. The average molecular weight is 662 g/mol. The third-order valence-corrected chi connectivity index (χ3v) is 10.2. The van der Waals surface area contributed by atoms with Crippen LogP contribution in [0.2, 0.25) is 0 Å². The van der Waals surface area contributed by atoms with Gasteiger partial charge in [-0.25, -0.2) is 36.1 Å². The molecular formula is C31H38F2N5O5PS. The van der Waals surface area contributed by atoms with E-state index >= 15 is 4.39 Å². The van der Waals surface area contributed by atoms with Crippen LogP contribution >= 0.6 is 7.60 Å². The van der Waals surface area contributed by atoms with Crippen molar-refractivity contribution in [2.75, 3.05) is 5.32 Å². The summed E-state index contributed by atoms with van der Waals surface area (Å²) >= 11 is 0. The molecule has 1 N–H and O–H groups in total. The number of nitrogens with zero attached hydrogens (tertiary/aromatic N) is 4.